The SMILES string of the molecule is CC1O[C@@H](O)C(OC(=O)c2ccccc2)[C@@H](C)[C@@H]1C. The molecule has 1 aliphatic rings. The summed E-state index contributed by atoms with van der Waals surface area (Å²) in [5.74, 6) is -0.162. The maximum atomic E-state index is 12.0. The molecule has 0 aromatic heterocycles. The maximum Gasteiger partial charge on any atom is 0.338 e. The molecule has 104 valence electrons. The van der Waals surface area contributed by atoms with Crippen molar-refractivity contribution in [3.05, 3.63) is 35.9 Å². The Morgan fingerprint density at radius 1 is 1.16 bits per heavy atom. The van der Waals surface area contributed by atoms with Gasteiger partial charge in [-0.2, -0.15) is 0 Å². The molecule has 1 aromatic carbocycles. The van der Waals surface area contributed by atoms with E-state index in [9.17, 15) is 9.90 Å². The number of carbonyl (C=O) groups excluding carboxylic acids is 1. The number of carbonyl (C=O) groups is 1. The molecule has 2 rings (SSSR count). The highest BCUT2D eigenvalue weighted by molar-refractivity contribution is 5.89. The number of hydrogen-bond acceptors (Lipinski definition) is 4. The molecule has 2 unspecified atom stereocenters. The average molecular weight is 264 g/mol. The summed E-state index contributed by atoms with van der Waals surface area (Å²) in [6.07, 6.45) is -1.73. The van der Waals surface area contributed by atoms with Crippen LogP contribution in [0.15, 0.2) is 30.3 Å². The van der Waals surface area contributed by atoms with E-state index in [1.807, 2.05) is 26.8 Å². The molecule has 0 amide bonds. The number of rotatable bonds is 2. The fraction of sp³-hybridized carbons (Fsp3) is 0.533. The van der Waals surface area contributed by atoms with Gasteiger partial charge in [-0.1, -0.05) is 32.0 Å². The largest absolute Gasteiger partial charge is 0.453 e. The Bertz CT molecular complexity index is 431. The molecule has 0 bridgehead atoms. The predicted octanol–water partition coefficient (Wildman–Crippen LogP) is 2.22. The van der Waals surface area contributed by atoms with Crippen LogP contribution < -0.4 is 0 Å². The van der Waals surface area contributed by atoms with Gasteiger partial charge in [-0.05, 0) is 25.0 Å². The first-order valence-electron chi connectivity index (χ1n) is 6.60. The lowest BCUT2D eigenvalue weighted by Crippen LogP contribution is -2.50. The quantitative estimate of drug-likeness (QED) is 0.832. The number of esters is 1. The molecule has 1 fully saturated rings. The highest BCUT2D eigenvalue weighted by atomic mass is 16.6. The molecule has 4 heteroatoms. The van der Waals surface area contributed by atoms with Crippen LogP contribution in [0.2, 0.25) is 0 Å². The molecule has 0 radical (unpaired) electrons. The van der Waals surface area contributed by atoms with Gasteiger partial charge >= 0.3 is 5.97 Å². The third kappa shape index (κ3) is 2.96. The first kappa shape index (κ1) is 14.0. The standard InChI is InChI=1S/C15H20O4/c1-9-10(2)13(15(17)18-11(9)3)19-14(16)12-7-5-4-6-8-12/h4-11,13,15,17H,1-3H3/t9-,10-,11?,13?,15+/m0/s1. The van der Waals surface area contributed by atoms with E-state index in [1.165, 1.54) is 0 Å². The molecule has 19 heavy (non-hydrogen) atoms. The van der Waals surface area contributed by atoms with Gasteiger partial charge in [0.1, 0.15) is 0 Å². The third-order valence-electron chi connectivity index (χ3n) is 3.98. The van der Waals surface area contributed by atoms with Gasteiger partial charge in [-0.3, -0.25) is 0 Å². The van der Waals surface area contributed by atoms with E-state index in [1.54, 1.807) is 24.3 Å². The van der Waals surface area contributed by atoms with Crippen LogP contribution in [0.25, 0.3) is 0 Å². The number of hydrogen-bond donors (Lipinski definition) is 1. The fourth-order valence-corrected chi connectivity index (χ4v) is 2.34. The lowest BCUT2D eigenvalue weighted by atomic mass is 9.84. The van der Waals surface area contributed by atoms with Gasteiger partial charge in [0.05, 0.1) is 11.7 Å². The minimum Gasteiger partial charge on any atom is -0.453 e. The monoisotopic (exact) mass is 264 g/mol. The van der Waals surface area contributed by atoms with Gasteiger partial charge in [-0.15, -0.1) is 0 Å². The van der Waals surface area contributed by atoms with Crippen molar-refractivity contribution in [2.75, 3.05) is 0 Å². The molecule has 1 aliphatic heterocycles. The van der Waals surface area contributed by atoms with Crippen molar-refractivity contribution in [3.8, 4) is 0 Å². The third-order valence-corrected chi connectivity index (χ3v) is 3.98. The molecular weight excluding hydrogens is 244 g/mol. The van der Waals surface area contributed by atoms with E-state index < -0.39 is 18.4 Å². The first-order valence-corrected chi connectivity index (χ1v) is 6.60. The minimum atomic E-state index is -1.06. The number of aliphatic hydroxyl groups excluding tert-OH is 1. The summed E-state index contributed by atoms with van der Waals surface area (Å²) in [5.41, 5.74) is 0.480. The van der Waals surface area contributed by atoms with Gasteiger partial charge < -0.3 is 14.6 Å². The Labute approximate surface area is 113 Å². The van der Waals surface area contributed by atoms with Gasteiger partial charge in [0, 0.05) is 5.92 Å². The van der Waals surface area contributed by atoms with Gasteiger partial charge in [0.2, 0.25) is 0 Å². The van der Waals surface area contributed by atoms with Gasteiger partial charge in [0.15, 0.2) is 12.4 Å². The van der Waals surface area contributed by atoms with Crippen molar-refractivity contribution in [3.63, 3.8) is 0 Å². The summed E-state index contributed by atoms with van der Waals surface area (Å²) in [6.45, 7) is 5.92. The summed E-state index contributed by atoms with van der Waals surface area (Å²) in [6, 6.07) is 8.77. The van der Waals surface area contributed by atoms with Crippen LogP contribution in [0.4, 0.5) is 0 Å². The maximum absolute atomic E-state index is 12.0. The Kier molecular flexibility index (Phi) is 4.22. The lowest BCUT2D eigenvalue weighted by molar-refractivity contribution is -0.245. The second kappa shape index (κ2) is 5.72. The number of ether oxygens (including phenoxy) is 2. The molecule has 1 aromatic rings. The fourth-order valence-electron chi connectivity index (χ4n) is 2.34. The van der Waals surface area contributed by atoms with Crippen molar-refractivity contribution in [2.45, 2.75) is 39.3 Å². The zero-order chi connectivity index (χ0) is 14.0. The van der Waals surface area contributed by atoms with Crippen molar-refractivity contribution < 1.29 is 19.4 Å². The van der Waals surface area contributed by atoms with E-state index in [-0.39, 0.29) is 17.9 Å². The summed E-state index contributed by atoms with van der Waals surface area (Å²) >= 11 is 0. The van der Waals surface area contributed by atoms with Crippen LogP contribution in [-0.2, 0) is 9.47 Å². The van der Waals surface area contributed by atoms with Crippen molar-refractivity contribution in [2.24, 2.45) is 11.8 Å². The van der Waals surface area contributed by atoms with Crippen LogP contribution in [0.3, 0.4) is 0 Å². The molecule has 0 spiro atoms. The molecule has 0 saturated carbocycles. The van der Waals surface area contributed by atoms with Crippen LogP contribution >= 0.6 is 0 Å². The van der Waals surface area contributed by atoms with E-state index in [2.05, 4.69) is 0 Å². The highest BCUT2D eigenvalue weighted by Crippen LogP contribution is 2.31. The zero-order valence-corrected chi connectivity index (χ0v) is 11.4. The molecule has 5 atom stereocenters. The Hall–Kier alpha value is -1.39. The van der Waals surface area contributed by atoms with E-state index in [0.29, 0.717) is 5.56 Å². The minimum absolute atomic E-state index is 0.0447. The molecule has 1 heterocycles. The van der Waals surface area contributed by atoms with Gasteiger partial charge in [-0.25, -0.2) is 4.79 Å². The van der Waals surface area contributed by atoms with Crippen LogP contribution in [0.1, 0.15) is 31.1 Å². The Morgan fingerprint density at radius 2 is 1.79 bits per heavy atom. The molecular formula is C15H20O4. The summed E-state index contributed by atoms with van der Waals surface area (Å²) in [4.78, 5) is 12.0. The van der Waals surface area contributed by atoms with Crippen molar-refractivity contribution in [1.82, 2.24) is 0 Å². The zero-order valence-electron chi connectivity index (χ0n) is 11.4. The normalized spacial score (nSPS) is 34.8. The van der Waals surface area contributed by atoms with E-state index >= 15 is 0 Å². The van der Waals surface area contributed by atoms with Crippen LogP contribution in [0.5, 0.6) is 0 Å². The summed E-state index contributed by atoms with van der Waals surface area (Å²) in [5, 5.41) is 9.92. The number of aliphatic hydroxyl groups is 1. The molecule has 4 nitrogen and oxygen atoms in total. The van der Waals surface area contributed by atoms with Crippen LogP contribution in [0, 0.1) is 11.8 Å². The summed E-state index contributed by atoms with van der Waals surface area (Å²) < 4.78 is 10.8. The van der Waals surface area contributed by atoms with E-state index in [4.69, 9.17) is 9.47 Å². The Morgan fingerprint density at radius 3 is 2.42 bits per heavy atom. The van der Waals surface area contributed by atoms with Crippen molar-refractivity contribution in [1.29, 1.82) is 0 Å². The smallest absolute Gasteiger partial charge is 0.338 e. The van der Waals surface area contributed by atoms with E-state index in [0.717, 1.165) is 0 Å². The lowest BCUT2D eigenvalue weighted by Gasteiger charge is -2.40. The summed E-state index contributed by atoms with van der Waals surface area (Å²) in [7, 11) is 0. The van der Waals surface area contributed by atoms with Crippen LogP contribution in [-0.4, -0.2) is 29.6 Å². The molecule has 1 N–H and O–H groups in total. The highest BCUT2D eigenvalue weighted by Gasteiger charge is 2.41. The average Bonchev–Trinajstić information content (AvgIpc) is 2.42. The topological polar surface area (TPSA) is 55.8 Å². The predicted molar refractivity (Wildman–Crippen MR) is 70.5 cm³/mol. The second-order valence-corrected chi connectivity index (χ2v) is 5.19. The second-order valence-electron chi connectivity index (χ2n) is 5.19. The van der Waals surface area contributed by atoms with Gasteiger partial charge in [0.25, 0.3) is 0 Å². The number of benzene rings is 1. The van der Waals surface area contributed by atoms with Crippen molar-refractivity contribution >= 4 is 5.97 Å². The first-order chi connectivity index (χ1) is 9.00. The Balaban J connectivity index is 2.08. The molecule has 0 aliphatic carbocycles. The molecule has 1 saturated heterocycles.